The second-order valence-electron chi connectivity index (χ2n) is 1.64. The molecule has 0 aromatic heterocycles. The first-order valence-corrected chi connectivity index (χ1v) is 8.06. The van der Waals surface area contributed by atoms with Crippen LogP contribution in [0, 0.1) is 0 Å². The Labute approximate surface area is 135 Å². The summed E-state index contributed by atoms with van der Waals surface area (Å²) >= 11 is 0. The van der Waals surface area contributed by atoms with Gasteiger partial charge in [-0.2, -0.15) is 16.8 Å². The SMILES string of the molecule is O=S(=O)(O)CSSCS(=O)(=O)O.[NaH].[NaH]. The molecule has 0 radical (unpaired) electrons. The first-order chi connectivity index (χ1) is 5.21. The molecule has 14 heavy (non-hydrogen) atoms. The normalized spacial score (nSPS) is 11.3. The van der Waals surface area contributed by atoms with Crippen molar-refractivity contribution in [2.45, 2.75) is 0 Å². The molecule has 0 rings (SSSR count). The van der Waals surface area contributed by atoms with Crippen LogP contribution in [0.15, 0.2) is 0 Å². The third-order valence-corrected chi connectivity index (χ3v) is 6.03. The van der Waals surface area contributed by atoms with E-state index in [1.807, 2.05) is 0 Å². The minimum atomic E-state index is -4.08. The summed E-state index contributed by atoms with van der Waals surface area (Å²) in [6.07, 6.45) is 0. The molecule has 0 amide bonds. The van der Waals surface area contributed by atoms with Gasteiger partial charge in [-0.15, -0.1) is 0 Å². The molecule has 0 aliphatic heterocycles. The summed E-state index contributed by atoms with van der Waals surface area (Å²) in [6, 6.07) is 0. The molecule has 0 aromatic rings. The molecule has 0 aliphatic carbocycles. The van der Waals surface area contributed by atoms with Gasteiger partial charge < -0.3 is 0 Å². The molecule has 78 valence electrons. The molecular formula is C2H8Na2O6S4. The van der Waals surface area contributed by atoms with Crippen LogP contribution in [0.5, 0.6) is 0 Å². The Kier molecular flexibility index (Phi) is 14.8. The predicted molar refractivity (Wildman–Crippen MR) is 62.3 cm³/mol. The molecule has 0 spiro atoms. The molecule has 0 heterocycles. The Hall–Kier alpha value is 2.52. The zero-order valence-electron chi connectivity index (χ0n) is 5.57. The molecule has 2 N–H and O–H groups in total. The van der Waals surface area contributed by atoms with Crippen molar-refractivity contribution in [1.82, 2.24) is 0 Å². The van der Waals surface area contributed by atoms with Crippen molar-refractivity contribution in [3.05, 3.63) is 0 Å². The summed E-state index contributed by atoms with van der Waals surface area (Å²) in [5, 5.41) is -1.21. The average molecular weight is 302 g/mol. The Morgan fingerprint density at radius 2 is 1.00 bits per heavy atom. The zero-order valence-corrected chi connectivity index (χ0v) is 8.84. The van der Waals surface area contributed by atoms with Gasteiger partial charge >= 0.3 is 59.1 Å². The number of rotatable bonds is 5. The van der Waals surface area contributed by atoms with Crippen molar-refractivity contribution in [3.8, 4) is 0 Å². The topological polar surface area (TPSA) is 109 Å². The van der Waals surface area contributed by atoms with E-state index in [0.29, 0.717) is 21.6 Å². The fourth-order valence-electron chi connectivity index (χ4n) is 0.190. The first-order valence-electron chi connectivity index (χ1n) is 2.35. The molecule has 0 unspecified atom stereocenters. The van der Waals surface area contributed by atoms with E-state index < -0.39 is 30.4 Å². The summed E-state index contributed by atoms with van der Waals surface area (Å²) in [7, 11) is -6.90. The van der Waals surface area contributed by atoms with E-state index >= 15 is 0 Å². The van der Waals surface area contributed by atoms with E-state index in [2.05, 4.69) is 0 Å². The summed E-state index contributed by atoms with van der Waals surface area (Å²) in [5.74, 6) is 0. The monoisotopic (exact) mass is 302 g/mol. The summed E-state index contributed by atoms with van der Waals surface area (Å²) in [6.45, 7) is 0. The molecule has 0 aromatic carbocycles. The maximum atomic E-state index is 10.1. The van der Waals surface area contributed by atoms with Gasteiger partial charge in [-0.1, -0.05) is 21.6 Å². The maximum absolute atomic E-state index is 10.1. The van der Waals surface area contributed by atoms with Crippen molar-refractivity contribution in [1.29, 1.82) is 0 Å². The fraction of sp³-hybridized carbons (Fsp3) is 1.00. The quantitative estimate of drug-likeness (QED) is 0.281. The van der Waals surface area contributed by atoms with Crippen LogP contribution >= 0.6 is 21.6 Å². The Balaban J connectivity index is -0.000000605. The van der Waals surface area contributed by atoms with Crippen LogP contribution in [-0.2, 0) is 20.2 Å². The van der Waals surface area contributed by atoms with Gasteiger partial charge in [-0.05, 0) is 0 Å². The molecule has 12 heteroatoms. The van der Waals surface area contributed by atoms with Crippen molar-refractivity contribution in [2.75, 3.05) is 10.2 Å². The molecular weight excluding hydrogens is 294 g/mol. The fourth-order valence-corrected chi connectivity index (χ4v) is 5.12. The van der Waals surface area contributed by atoms with Gasteiger partial charge in [0.15, 0.2) is 0 Å². The van der Waals surface area contributed by atoms with Crippen molar-refractivity contribution >= 4 is 101 Å². The average Bonchev–Trinajstić information content (AvgIpc) is 1.76. The van der Waals surface area contributed by atoms with Gasteiger partial charge in [-0.25, -0.2) is 0 Å². The summed E-state index contributed by atoms with van der Waals surface area (Å²) < 4.78 is 56.6. The van der Waals surface area contributed by atoms with Gasteiger partial charge in [0.1, 0.15) is 10.2 Å². The van der Waals surface area contributed by atoms with Crippen molar-refractivity contribution < 1.29 is 25.9 Å². The zero-order chi connectivity index (χ0) is 9.83. The van der Waals surface area contributed by atoms with Crippen molar-refractivity contribution in [3.63, 3.8) is 0 Å². The third-order valence-electron chi connectivity index (χ3n) is 0.477. The van der Waals surface area contributed by atoms with Crippen LogP contribution in [0.25, 0.3) is 0 Å². The molecule has 0 fully saturated rings. The minimum absolute atomic E-state index is 0. The van der Waals surface area contributed by atoms with Gasteiger partial charge in [0.25, 0.3) is 20.2 Å². The van der Waals surface area contributed by atoms with Gasteiger partial charge in [0.2, 0.25) is 0 Å². The number of hydrogen-bond acceptors (Lipinski definition) is 6. The Morgan fingerprint density at radius 3 is 1.14 bits per heavy atom. The standard InChI is InChI=1S/C2H6O6S4.2Na.2H/c3-11(4,5)1-9-10-2-12(6,7)8;;;;/h1-2H2,(H,3,4,5)(H,6,7,8);;;;. The van der Waals surface area contributed by atoms with Gasteiger partial charge in [0, 0.05) is 0 Å². The Morgan fingerprint density at radius 1 is 0.786 bits per heavy atom. The molecule has 0 bridgehead atoms. The summed E-state index contributed by atoms with van der Waals surface area (Å²) in [4.78, 5) is 0. The van der Waals surface area contributed by atoms with E-state index in [1.165, 1.54) is 0 Å². The molecule has 0 aliphatic rings. The second-order valence-corrected chi connectivity index (χ2v) is 7.73. The molecule has 0 saturated carbocycles. The van der Waals surface area contributed by atoms with Crippen molar-refractivity contribution in [2.24, 2.45) is 0 Å². The van der Waals surface area contributed by atoms with Crippen LogP contribution in [0.2, 0.25) is 0 Å². The number of hydrogen-bond donors (Lipinski definition) is 2. The van der Waals surface area contributed by atoms with Crippen LogP contribution in [0.1, 0.15) is 0 Å². The van der Waals surface area contributed by atoms with E-state index in [-0.39, 0.29) is 59.1 Å². The summed E-state index contributed by atoms with van der Waals surface area (Å²) in [5.41, 5.74) is 0. The predicted octanol–water partition coefficient (Wildman–Crippen LogP) is -1.24. The second kappa shape index (κ2) is 9.54. The van der Waals surface area contributed by atoms with E-state index in [1.54, 1.807) is 0 Å². The van der Waals surface area contributed by atoms with Gasteiger partial charge in [0.05, 0.1) is 0 Å². The van der Waals surface area contributed by atoms with Gasteiger partial charge in [-0.3, -0.25) is 9.11 Å². The van der Waals surface area contributed by atoms with Crippen LogP contribution in [0.4, 0.5) is 0 Å². The van der Waals surface area contributed by atoms with Crippen LogP contribution in [-0.4, -0.2) is 95.2 Å². The van der Waals surface area contributed by atoms with E-state index in [0.717, 1.165) is 0 Å². The van der Waals surface area contributed by atoms with E-state index in [9.17, 15) is 16.8 Å². The Bertz CT molecular complexity index is 286. The molecule has 0 atom stereocenters. The van der Waals surface area contributed by atoms with E-state index in [4.69, 9.17) is 9.11 Å². The molecule has 0 saturated heterocycles. The van der Waals surface area contributed by atoms with Crippen LogP contribution < -0.4 is 0 Å². The first kappa shape index (κ1) is 21.8. The van der Waals surface area contributed by atoms with Crippen LogP contribution in [0.3, 0.4) is 0 Å². The third kappa shape index (κ3) is 20.0. The molecule has 6 nitrogen and oxygen atoms in total.